The Bertz CT molecular complexity index is 993. The molecule has 0 spiro atoms. The first-order valence-electron chi connectivity index (χ1n) is 12.2. The zero-order valence-electron chi connectivity index (χ0n) is 19.8. The number of aromatic nitrogens is 2. The van der Waals surface area contributed by atoms with Crippen molar-refractivity contribution in [3.63, 3.8) is 0 Å². The lowest BCUT2D eigenvalue weighted by molar-refractivity contribution is 0.0899. The summed E-state index contributed by atoms with van der Waals surface area (Å²) in [4.78, 5) is 27.1. The van der Waals surface area contributed by atoms with Gasteiger partial charge in [0.25, 0.3) is 0 Å². The van der Waals surface area contributed by atoms with Gasteiger partial charge in [-0.05, 0) is 64.3 Å². The predicted molar refractivity (Wildman–Crippen MR) is 130 cm³/mol. The van der Waals surface area contributed by atoms with Crippen LogP contribution in [0.4, 0.5) is 16.3 Å². The SMILES string of the molecule is CCNC(=O)Nc1ccc(-c2nc3c(c(N4C5CCC4COC5)n2)CCN(C(C)C)C3)cc1. The predicted octanol–water partition coefficient (Wildman–Crippen LogP) is 3.42. The third-order valence-electron chi connectivity index (χ3n) is 7.03. The molecule has 2 aromatic rings. The van der Waals surface area contributed by atoms with Crippen LogP contribution in [-0.2, 0) is 17.7 Å². The Labute approximate surface area is 195 Å². The normalized spacial score (nSPS) is 22.4. The quantitative estimate of drug-likeness (QED) is 0.726. The first kappa shape index (κ1) is 22.1. The van der Waals surface area contributed by atoms with Gasteiger partial charge >= 0.3 is 6.03 Å². The van der Waals surface area contributed by atoms with E-state index in [1.54, 1.807) is 0 Å². The summed E-state index contributed by atoms with van der Waals surface area (Å²) in [5.41, 5.74) is 4.16. The third-order valence-corrected chi connectivity index (χ3v) is 7.03. The molecule has 0 radical (unpaired) electrons. The van der Waals surface area contributed by atoms with Crippen molar-refractivity contribution < 1.29 is 9.53 Å². The number of carbonyl (C=O) groups excluding carboxylic acids is 1. The molecule has 5 rings (SSSR count). The van der Waals surface area contributed by atoms with E-state index >= 15 is 0 Å². The van der Waals surface area contributed by atoms with Crippen LogP contribution in [0.1, 0.15) is 44.9 Å². The molecule has 2 amide bonds. The molecule has 33 heavy (non-hydrogen) atoms. The fourth-order valence-corrected chi connectivity index (χ4v) is 5.23. The van der Waals surface area contributed by atoms with Crippen molar-refractivity contribution in [2.24, 2.45) is 0 Å². The average Bonchev–Trinajstić information content (AvgIpc) is 3.06. The highest BCUT2D eigenvalue weighted by Gasteiger charge is 2.40. The molecule has 2 atom stereocenters. The molecule has 2 N–H and O–H groups in total. The van der Waals surface area contributed by atoms with Gasteiger partial charge in [0.1, 0.15) is 5.82 Å². The first-order valence-corrected chi connectivity index (χ1v) is 12.2. The zero-order valence-corrected chi connectivity index (χ0v) is 19.8. The van der Waals surface area contributed by atoms with E-state index in [9.17, 15) is 4.79 Å². The summed E-state index contributed by atoms with van der Waals surface area (Å²) in [6, 6.07) is 8.89. The van der Waals surface area contributed by atoms with E-state index in [0.29, 0.717) is 24.7 Å². The number of benzene rings is 1. The van der Waals surface area contributed by atoms with E-state index in [0.717, 1.165) is 74.2 Å². The third kappa shape index (κ3) is 4.42. The number of urea groups is 1. The van der Waals surface area contributed by atoms with E-state index in [-0.39, 0.29) is 6.03 Å². The van der Waals surface area contributed by atoms with Crippen LogP contribution in [0.3, 0.4) is 0 Å². The number of fused-ring (bicyclic) bond motifs is 3. The summed E-state index contributed by atoms with van der Waals surface area (Å²) in [7, 11) is 0. The van der Waals surface area contributed by atoms with Crippen LogP contribution in [-0.4, -0.2) is 65.3 Å². The van der Waals surface area contributed by atoms with Gasteiger partial charge in [-0.25, -0.2) is 14.8 Å². The fourth-order valence-electron chi connectivity index (χ4n) is 5.23. The molecule has 8 nitrogen and oxygen atoms in total. The van der Waals surface area contributed by atoms with Crippen molar-refractivity contribution in [1.29, 1.82) is 0 Å². The number of anilines is 2. The summed E-state index contributed by atoms with van der Waals surface area (Å²) < 4.78 is 5.84. The number of hydrogen-bond acceptors (Lipinski definition) is 6. The smallest absolute Gasteiger partial charge is 0.319 e. The molecule has 1 aromatic heterocycles. The molecule has 0 saturated carbocycles. The number of amides is 2. The molecule has 2 unspecified atom stereocenters. The summed E-state index contributed by atoms with van der Waals surface area (Å²) in [5.74, 6) is 1.86. The van der Waals surface area contributed by atoms with E-state index in [1.807, 2.05) is 31.2 Å². The maximum Gasteiger partial charge on any atom is 0.319 e. The maximum absolute atomic E-state index is 11.8. The van der Waals surface area contributed by atoms with Crippen LogP contribution < -0.4 is 15.5 Å². The second kappa shape index (κ2) is 9.27. The molecular weight excluding hydrogens is 416 g/mol. The lowest BCUT2D eigenvalue weighted by Gasteiger charge is -2.39. The van der Waals surface area contributed by atoms with Crippen LogP contribution in [0.25, 0.3) is 11.4 Å². The monoisotopic (exact) mass is 450 g/mol. The summed E-state index contributed by atoms with van der Waals surface area (Å²) in [6.45, 7) is 10.4. The van der Waals surface area contributed by atoms with Gasteiger partial charge in [0.2, 0.25) is 0 Å². The fraction of sp³-hybridized carbons (Fsp3) is 0.560. The Kier molecular flexibility index (Phi) is 6.21. The van der Waals surface area contributed by atoms with E-state index in [2.05, 4.69) is 34.3 Å². The highest BCUT2D eigenvalue weighted by Crippen LogP contribution is 2.38. The van der Waals surface area contributed by atoms with E-state index in [1.165, 1.54) is 5.56 Å². The van der Waals surface area contributed by atoms with Gasteiger partial charge in [0.05, 0.1) is 31.0 Å². The second-order valence-corrected chi connectivity index (χ2v) is 9.50. The highest BCUT2D eigenvalue weighted by atomic mass is 16.5. The molecule has 0 aliphatic carbocycles. The Balaban J connectivity index is 1.50. The van der Waals surface area contributed by atoms with Crippen molar-refractivity contribution in [2.75, 3.05) is 36.5 Å². The van der Waals surface area contributed by atoms with Gasteiger partial charge in [-0.3, -0.25) is 4.90 Å². The number of nitrogens with zero attached hydrogens (tertiary/aromatic N) is 4. The van der Waals surface area contributed by atoms with Gasteiger partial charge in [-0.1, -0.05) is 0 Å². The largest absolute Gasteiger partial charge is 0.377 e. The van der Waals surface area contributed by atoms with Gasteiger partial charge in [-0.2, -0.15) is 0 Å². The van der Waals surface area contributed by atoms with Crippen LogP contribution in [0.5, 0.6) is 0 Å². The summed E-state index contributed by atoms with van der Waals surface area (Å²) in [6.07, 6.45) is 3.31. The van der Waals surface area contributed by atoms with Crippen LogP contribution in [0, 0.1) is 0 Å². The number of rotatable bonds is 5. The van der Waals surface area contributed by atoms with Gasteiger partial charge in [0, 0.05) is 42.5 Å². The molecule has 8 heteroatoms. The molecule has 3 aliphatic rings. The number of carbonyl (C=O) groups is 1. The standard InChI is InChI=1S/C25H34N6O2/c1-4-26-25(32)27-18-7-5-17(6-8-18)23-28-22-13-30(16(2)3)12-11-21(22)24(29-23)31-19-9-10-20(31)15-33-14-19/h5-8,16,19-20H,4,9-15H2,1-3H3,(H2,26,27,32). The molecule has 1 aromatic carbocycles. The minimum Gasteiger partial charge on any atom is -0.377 e. The molecule has 176 valence electrons. The Morgan fingerprint density at radius 2 is 1.88 bits per heavy atom. The van der Waals surface area contributed by atoms with E-state index in [4.69, 9.17) is 14.7 Å². The molecule has 4 heterocycles. The Morgan fingerprint density at radius 3 is 2.55 bits per heavy atom. The average molecular weight is 451 g/mol. The van der Waals surface area contributed by atoms with Crippen molar-refractivity contribution in [2.45, 2.75) is 64.7 Å². The zero-order chi connectivity index (χ0) is 22.9. The topological polar surface area (TPSA) is 82.6 Å². The van der Waals surface area contributed by atoms with Crippen molar-refractivity contribution in [3.8, 4) is 11.4 Å². The molecule has 3 aliphatic heterocycles. The summed E-state index contributed by atoms with van der Waals surface area (Å²) >= 11 is 0. The molecule has 2 fully saturated rings. The van der Waals surface area contributed by atoms with Gasteiger partial charge in [0.15, 0.2) is 5.82 Å². The highest BCUT2D eigenvalue weighted by molar-refractivity contribution is 5.89. The molecule has 2 saturated heterocycles. The maximum atomic E-state index is 11.8. The van der Waals surface area contributed by atoms with Crippen molar-refractivity contribution in [1.82, 2.24) is 20.2 Å². The van der Waals surface area contributed by atoms with Crippen LogP contribution >= 0.6 is 0 Å². The number of morpholine rings is 1. The van der Waals surface area contributed by atoms with Crippen molar-refractivity contribution in [3.05, 3.63) is 35.5 Å². The van der Waals surface area contributed by atoms with Crippen LogP contribution in [0.2, 0.25) is 0 Å². The van der Waals surface area contributed by atoms with Crippen molar-refractivity contribution >= 4 is 17.5 Å². The number of ether oxygens (including phenoxy) is 1. The summed E-state index contributed by atoms with van der Waals surface area (Å²) in [5, 5.41) is 5.60. The first-order chi connectivity index (χ1) is 16.0. The Morgan fingerprint density at radius 1 is 1.15 bits per heavy atom. The molecule has 2 bridgehead atoms. The second-order valence-electron chi connectivity index (χ2n) is 9.50. The van der Waals surface area contributed by atoms with Gasteiger partial charge in [-0.15, -0.1) is 0 Å². The lowest BCUT2D eigenvalue weighted by Crippen LogP contribution is -2.47. The van der Waals surface area contributed by atoms with Gasteiger partial charge < -0.3 is 20.3 Å². The number of nitrogens with one attached hydrogen (secondary N) is 2. The minimum atomic E-state index is -0.200. The van der Waals surface area contributed by atoms with Crippen LogP contribution in [0.15, 0.2) is 24.3 Å². The lowest BCUT2D eigenvalue weighted by atomic mass is 10.0. The number of hydrogen-bond donors (Lipinski definition) is 2. The Hall–Kier alpha value is -2.71. The molecular formula is C25H34N6O2. The minimum absolute atomic E-state index is 0.200. The van der Waals surface area contributed by atoms with E-state index < -0.39 is 0 Å².